The number of nitrogens with zero attached hydrogens (tertiary/aromatic N) is 3. The van der Waals surface area contributed by atoms with Crippen LogP contribution in [-0.4, -0.2) is 36.8 Å². The molecule has 0 aliphatic rings. The minimum absolute atomic E-state index is 0.667. The zero-order valence-electron chi connectivity index (χ0n) is 13.3. The van der Waals surface area contributed by atoms with E-state index in [1.54, 1.807) is 13.3 Å². The minimum atomic E-state index is 0.667. The van der Waals surface area contributed by atoms with Crippen LogP contribution in [0, 0.1) is 0 Å². The van der Waals surface area contributed by atoms with Crippen LogP contribution < -0.4 is 10.2 Å². The summed E-state index contributed by atoms with van der Waals surface area (Å²) in [5.41, 5.74) is 1.28. The highest BCUT2D eigenvalue weighted by atomic mass is 16.5. The van der Waals surface area contributed by atoms with Gasteiger partial charge < -0.3 is 15.0 Å². The molecule has 0 atom stereocenters. The van der Waals surface area contributed by atoms with Crippen molar-refractivity contribution in [2.75, 3.05) is 37.0 Å². The van der Waals surface area contributed by atoms with E-state index in [4.69, 9.17) is 4.74 Å². The Hall–Kier alpha value is -2.14. The number of methoxy groups -OCH3 is 1. The van der Waals surface area contributed by atoms with Crippen LogP contribution in [0.5, 0.6) is 0 Å². The van der Waals surface area contributed by atoms with E-state index in [2.05, 4.69) is 51.4 Å². The van der Waals surface area contributed by atoms with E-state index < -0.39 is 0 Å². The maximum Gasteiger partial charge on any atom is 0.224 e. The molecule has 0 fully saturated rings. The quantitative estimate of drug-likeness (QED) is 0.722. The molecule has 0 spiro atoms. The largest absolute Gasteiger partial charge is 0.385 e. The first-order chi connectivity index (χ1) is 10.8. The van der Waals surface area contributed by atoms with Gasteiger partial charge in [-0.05, 0) is 25.0 Å². The molecule has 5 nitrogen and oxygen atoms in total. The van der Waals surface area contributed by atoms with Crippen molar-refractivity contribution in [2.24, 2.45) is 0 Å². The van der Waals surface area contributed by atoms with Crippen LogP contribution in [0.25, 0.3) is 0 Å². The Labute approximate surface area is 132 Å². The molecule has 1 aromatic heterocycles. The summed E-state index contributed by atoms with van der Waals surface area (Å²) in [6.07, 6.45) is 2.74. The van der Waals surface area contributed by atoms with Crippen molar-refractivity contribution in [3.8, 4) is 0 Å². The summed E-state index contributed by atoms with van der Waals surface area (Å²) < 4.78 is 5.04. The van der Waals surface area contributed by atoms with E-state index in [1.165, 1.54) is 5.56 Å². The van der Waals surface area contributed by atoms with Crippen molar-refractivity contribution < 1.29 is 4.74 Å². The Balaban J connectivity index is 1.99. The summed E-state index contributed by atoms with van der Waals surface area (Å²) >= 11 is 0. The van der Waals surface area contributed by atoms with Crippen LogP contribution >= 0.6 is 0 Å². The Bertz CT molecular complexity index is 547. The number of nitrogens with one attached hydrogen (secondary N) is 1. The van der Waals surface area contributed by atoms with Gasteiger partial charge >= 0.3 is 0 Å². The molecule has 0 aliphatic carbocycles. The van der Waals surface area contributed by atoms with Crippen molar-refractivity contribution >= 4 is 11.8 Å². The standard InChI is InChI=1S/C17H24N4O/c1-3-21(14-15-8-5-4-6-9-15)16-10-12-19-17(20-16)18-11-7-13-22-2/h4-6,8-10,12H,3,7,11,13-14H2,1-2H3,(H,18,19,20). The Morgan fingerprint density at radius 3 is 2.73 bits per heavy atom. The normalized spacial score (nSPS) is 10.5. The zero-order valence-corrected chi connectivity index (χ0v) is 13.3. The highest BCUT2D eigenvalue weighted by molar-refractivity contribution is 5.43. The van der Waals surface area contributed by atoms with Crippen molar-refractivity contribution in [1.29, 1.82) is 0 Å². The van der Waals surface area contributed by atoms with Crippen LogP contribution in [-0.2, 0) is 11.3 Å². The van der Waals surface area contributed by atoms with Gasteiger partial charge in [-0.15, -0.1) is 0 Å². The first-order valence-electron chi connectivity index (χ1n) is 7.68. The third kappa shape index (κ3) is 5.00. The van der Waals surface area contributed by atoms with Crippen LogP contribution in [0.15, 0.2) is 42.6 Å². The maximum absolute atomic E-state index is 5.04. The number of ether oxygens (including phenoxy) is 1. The number of aromatic nitrogens is 2. The number of hydrogen-bond acceptors (Lipinski definition) is 5. The van der Waals surface area contributed by atoms with Crippen molar-refractivity contribution in [2.45, 2.75) is 19.9 Å². The molecular formula is C17H24N4O. The summed E-state index contributed by atoms with van der Waals surface area (Å²) in [7, 11) is 1.71. The van der Waals surface area contributed by atoms with Gasteiger partial charge in [-0.1, -0.05) is 30.3 Å². The maximum atomic E-state index is 5.04. The first kappa shape index (κ1) is 16.2. The summed E-state index contributed by atoms with van der Waals surface area (Å²) in [6, 6.07) is 12.4. The molecule has 2 rings (SSSR count). The van der Waals surface area contributed by atoms with E-state index in [9.17, 15) is 0 Å². The molecule has 0 bridgehead atoms. The summed E-state index contributed by atoms with van der Waals surface area (Å²) in [4.78, 5) is 11.1. The van der Waals surface area contributed by atoms with Crippen LogP contribution in [0.4, 0.5) is 11.8 Å². The number of benzene rings is 1. The van der Waals surface area contributed by atoms with Crippen LogP contribution in [0.3, 0.4) is 0 Å². The highest BCUT2D eigenvalue weighted by Gasteiger charge is 2.08. The summed E-state index contributed by atoms with van der Waals surface area (Å²) in [6.45, 7) is 5.42. The lowest BCUT2D eigenvalue weighted by Crippen LogP contribution is -2.23. The van der Waals surface area contributed by atoms with Crippen molar-refractivity contribution in [1.82, 2.24) is 9.97 Å². The summed E-state index contributed by atoms with van der Waals surface area (Å²) in [5.74, 6) is 1.61. The predicted octanol–water partition coefficient (Wildman–Crippen LogP) is 2.95. The van der Waals surface area contributed by atoms with E-state index >= 15 is 0 Å². The predicted molar refractivity (Wildman–Crippen MR) is 90.2 cm³/mol. The molecule has 0 saturated heterocycles. The van der Waals surface area contributed by atoms with Gasteiger partial charge in [0.25, 0.3) is 0 Å². The Morgan fingerprint density at radius 2 is 2.00 bits per heavy atom. The van der Waals surface area contributed by atoms with E-state index in [-0.39, 0.29) is 0 Å². The van der Waals surface area contributed by atoms with Crippen LogP contribution in [0.1, 0.15) is 18.9 Å². The average molecular weight is 300 g/mol. The minimum Gasteiger partial charge on any atom is -0.385 e. The Morgan fingerprint density at radius 1 is 1.18 bits per heavy atom. The lowest BCUT2D eigenvalue weighted by atomic mass is 10.2. The molecule has 2 aromatic rings. The molecule has 5 heteroatoms. The molecular weight excluding hydrogens is 276 g/mol. The molecule has 1 aromatic carbocycles. The highest BCUT2D eigenvalue weighted by Crippen LogP contribution is 2.15. The number of rotatable bonds is 9. The zero-order chi connectivity index (χ0) is 15.6. The smallest absolute Gasteiger partial charge is 0.224 e. The first-order valence-corrected chi connectivity index (χ1v) is 7.68. The molecule has 0 saturated carbocycles. The molecule has 0 radical (unpaired) electrons. The van der Waals surface area contributed by atoms with Gasteiger partial charge in [0.2, 0.25) is 5.95 Å². The fourth-order valence-electron chi connectivity index (χ4n) is 2.19. The molecule has 1 heterocycles. The van der Waals surface area contributed by atoms with Gasteiger partial charge in [0, 0.05) is 39.5 Å². The van der Waals surface area contributed by atoms with Gasteiger partial charge in [-0.3, -0.25) is 0 Å². The van der Waals surface area contributed by atoms with Crippen LogP contribution in [0.2, 0.25) is 0 Å². The lowest BCUT2D eigenvalue weighted by molar-refractivity contribution is 0.197. The second-order valence-corrected chi connectivity index (χ2v) is 5.01. The Kier molecular flexibility index (Phi) is 6.64. The molecule has 118 valence electrons. The van der Waals surface area contributed by atoms with Gasteiger partial charge in [0.15, 0.2) is 0 Å². The number of anilines is 2. The topological polar surface area (TPSA) is 50.3 Å². The second kappa shape index (κ2) is 9.00. The fraction of sp³-hybridized carbons (Fsp3) is 0.412. The third-order valence-electron chi connectivity index (χ3n) is 3.37. The average Bonchev–Trinajstić information content (AvgIpc) is 2.58. The number of hydrogen-bond donors (Lipinski definition) is 1. The monoisotopic (exact) mass is 300 g/mol. The van der Waals surface area contributed by atoms with Gasteiger partial charge in [-0.25, -0.2) is 4.98 Å². The molecule has 0 unspecified atom stereocenters. The van der Waals surface area contributed by atoms with Crippen molar-refractivity contribution in [3.05, 3.63) is 48.2 Å². The van der Waals surface area contributed by atoms with Gasteiger partial charge in [0.1, 0.15) is 5.82 Å². The van der Waals surface area contributed by atoms with E-state index in [0.29, 0.717) is 5.95 Å². The molecule has 0 amide bonds. The van der Waals surface area contributed by atoms with Gasteiger partial charge in [-0.2, -0.15) is 4.98 Å². The van der Waals surface area contributed by atoms with E-state index in [1.807, 2.05) is 12.1 Å². The molecule has 22 heavy (non-hydrogen) atoms. The summed E-state index contributed by atoms with van der Waals surface area (Å²) in [5, 5.41) is 3.23. The van der Waals surface area contributed by atoms with Crippen molar-refractivity contribution in [3.63, 3.8) is 0 Å². The lowest BCUT2D eigenvalue weighted by Gasteiger charge is -2.22. The van der Waals surface area contributed by atoms with E-state index in [0.717, 1.165) is 38.5 Å². The second-order valence-electron chi connectivity index (χ2n) is 5.01. The SMILES string of the molecule is CCN(Cc1ccccc1)c1ccnc(NCCCOC)n1. The van der Waals surface area contributed by atoms with Gasteiger partial charge in [0.05, 0.1) is 0 Å². The molecule has 0 aliphatic heterocycles. The fourth-order valence-corrected chi connectivity index (χ4v) is 2.19. The third-order valence-corrected chi connectivity index (χ3v) is 3.37. The molecule has 1 N–H and O–H groups in total.